The second-order valence-corrected chi connectivity index (χ2v) is 18.1. The molecule has 2 aliphatic rings. The Bertz CT molecular complexity index is 1910. The van der Waals surface area contributed by atoms with E-state index in [4.69, 9.17) is 22.1 Å². The summed E-state index contributed by atoms with van der Waals surface area (Å²) in [7, 11) is -3.54. The summed E-state index contributed by atoms with van der Waals surface area (Å²) in [6.07, 6.45) is -1.02. The van der Waals surface area contributed by atoms with Gasteiger partial charge >= 0.3 is 0 Å². The van der Waals surface area contributed by atoms with Gasteiger partial charge < -0.3 is 34.8 Å². The van der Waals surface area contributed by atoms with Crippen LogP contribution in [-0.4, -0.2) is 55.4 Å². The van der Waals surface area contributed by atoms with E-state index >= 15 is 4.11 Å². The van der Waals surface area contributed by atoms with Crippen LogP contribution in [0.25, 0.3) is 0 Å². The number of anilines is 3. The highest BCUT2D eigenvalue weighted by atomic mass is 35.5. The molecule has 6 rings (SSSR count). The first-order valence-corrected chi connectivity index (χ1v) is 20.3. The molecule has 0 unspecified atom stereocenters. The Morgan fingerprint density at radius 2 is 1.71 bits per heavy atom. The minimum Gasteiger partial charge on any atom is -0.399 e. The van der Waals surface area contributed by atoms with E-state index in [1.54, 1.807) is 77.5 Å². The Morgan fingerprint density at radius 3 is 2.35 bits per heavy atom. The molecule has 1 fully saturated rings. The van der Waals surface area contributed by atoms with Crippen LogP contribution in [0.4, 0.5) is 21.2 Å². The molecular formula is C39H42ClFN4O5Si. The lowest BCUT2D eigenvalue weighted by Gasteiger charge is -2.31. The summed E-state index contributed by atoms with van der Waals surface area (Å²) in [5.41, 5.74) is 7.96. The van der Waals surface area contributed by atoms with Crippen molar-refractivity contribution in [3.05, 3.63) is 124 Å². The number of nitrogen functional groups attached to an aromatic ring is 1. The summed E-state index contributed by atoms with van der Waals surface area (Å²) in [5.74, 6) is -1.52. The molecule has 2 aliphatic heterocycles. The number of nitrogens with zero attached hydrogens (tertiary/aromatic N) is 2. The van der Waals surface area contributed by atoms with Crippen LogP contribution in [-0.2, 0) is 33.0 Å². The molecule has 0 aliphatic carbocycles. The maximum Gasteiger partial charge on any atom is 0.264 e. The van der Waals surface area contributed by atoms with Crippen LogP contribution in [0.5, 0.6) is 0 Å². The molecule has 2 heterocycles. The zero-order chi connectivity index (χ0) is 36.5. The number of carbonyl (C=O) groups is 3. The first kappa shape index (κ1) is 36.2. The maximum absolute atomic E-state index is 16.4. The maximum atomic E-state index is 16.4. The standard InChI is InChI=1S/C39H42ClFN4O5Si/c1-25-36(51(2,3)41)34(22-35(47)44(19-20-46)23-26-7-5-4-6-8-26)50-39(25)32-21-29(40)13-18-33(32)45(38(39)49)24-27-9-16-31(17-10-27)43-37(48)28-11-14-30(42)15-12-28/h4-18,21,25,34,36,46H,19-20,22-24,42H2,1-3H3,(H,43,48)/t25-,34+,36-,39+/m0/s1. The number of benzene rings is 4. The summed E-state index contributed by atoms with van der Waals surface area (Å²) in [4.78, 5) is 44.5. The number of carbonyl (C=O) groups excluding carboxylic acids is 3. The van der Waals surface area contributed by atoms with E-state index in [1.165, 1.54) is 0 Å². The van der Waals surface area contributed by atoms with E-state index in [-0.39, 0.29) is 50.4 Å². The van der Waals surface area contributed by atoms with Crippen molar-refractivity contribution in [2.45, 2.75) is 56.8 Å². The van der Waals surface area contributed by atoms with Crippen molar-refractivity contribution in [2.24, 2.45) is 5.92 Å². The van der Waals surface area contributed by atoms with Gasteiger partial charge in [0.25, 0.3) is 11.8 Å². The first-order valence-electron chi connectivity index (χ1n) is 17.0. The Balaban J connectivity index is 1.26. The molecule has 4 atom stereocenters. The van der Waals surface area contributed by atoms with E-state index in [9.17, 15) is 19.5 Å². The number of aliphatic hydroxyl groups is 1. The lowest BCUT2D eigenvalue weighted by atomic mass is 9.82. The highest BCUT2D eigenvalue weighted by Gasteiger charge is 2.67. The summed E-state index contributed by atoms with van der Waals surface area (Å²) in [6, 6.07) is 28.5. The monoisotopic (exact) mass is 728 g/mol. The van der Waals surface area contributed by atoms with Crippen molar-refractivity contribution in [3.8, 4) is 0 Å². The van der Waals surface area contributed by atoms with Gasteiger partial charge in [0.1, 0.15) is 0 Å². The largest absolute Gasteiger partial charge is 0.399 e. The summed E-state index contributed by atoms with van der Waals surface area (Å²) < 4.78 is 23.1. The van der Waals surface area contributed by atoms with Crippen LogP contribution < -0.4 is 16.0 Å². The van der Waals surface area contributed by atoms with E-state index in [0.29, 0.717) is 33.2 Å². The van der Waals surface area contributed by atoms with Gasteiger partial charge in [-0.2, -0.15) is 0 Å². The van der Waals surface area contributed by atoms with Crippen LogP contribution in [0.2, 0.25) is 23.7 Å². The second-order valence-electron chi connectivity index (χ2n) is 13.8. The second kappa shape index (κ2) is 14.6. The molecule has 3 amide bonds. The van der Waals surface area contributed by atoms with Crippen LogP contribution >= 0.6 is 11.6 Å². The number of rotatable bonds is 11. The number of nitrogens with two attached hydrogens (primary N) is 1. The zero-order valence-electron chi connectivity index (χ0n) is 28.8. The van der Waals surface area contributed by atoms with Gasteiger partial charge in [-0.1, -0.05) is 61.0 Å². The van der Waals surface area contributed by atoms with Gasteiger partial charge in [-0.3, -0.25) is 14.4 Å². The first-order chi connectivity index (χ1) is 24.3. The summed E-state index contributed by atoms with van der Waals surface area (Å²) >= 11 is 6.52. The Kier molecular flexibility index (Phi) is 10.4. The number of fused-ring (bicyclic) bond motifs is 2. The van der Waals surface area contributed by atoms with Crippen molar-refractivity contribution < 1.29 is 28.3 Å². The molecule has 4 aromatic rings. The van der Waals surface area contributed by atoms with Gasteiger partial charge in [0.2, 0.25) is 14.3 Å². The van der Waals surface area contributed by atoms with Gasteiger partial charge in [-0.05, 0) is 78.8 Å². The van der Waals surface area contributed by atoms with Crippen LogP contribution in [0.15, 0.2) is 97.1 Å². The average molecular weight is 729 g/mol. The normalized spacial score (nSPS) is 21.2. The fraction of sp³-hybridized carbons (Fsp3) is 0.308. The highest BCUT2D eigenvalue weighted by molar-refractivity contribution is 6.72. The molecule has 0 bridgehead atoms. The number of ether oxygens (including phenoxy) is 1. The molecule has 0 radical (unpaired) electrons. The van der Waals surface area contributed by atoms with Crippen molar-refractivity contribution >= 4 is 54.8 Å². The fourth-order valence-electron chi connectivity index (χ4n) is 7.61. The topological polar surface area (TPSA) is 125 Å². The molecule has 9 nitrogen and oxygen atoms in total. The summed E-state index contributed by atoms with van der Waals surface area (Å²) in [5, 5.41) is 13.1. The molecule has 0 aromatic heterocycles. The van der Waals surface area contributed by atoms with E-state index in [2.05, 4.69) is 5.32 Å². The summed E-state index contributed by atoms with van der Waals surface area (Å²) in [6.45, 7) is 5.36. The lowest BCUT2D eigenvalue weighted by molar-refractivity contribution is -0.150. The van der Waals surface area contributed by atoms with Crippen molar-refractivity contribution in [3.63, 3.8) is 0 Å². The van der Waals surface area contributed by atoms with E-state index in [1.807, 2.05) is 49.4 Å². The smallest absolute Gasteiger partial charge is 0.264 e. The number of halogens is 2. The third-order valence-electron chi connectivity index (χ3n) is 9.96. The average Bonchev–Trinajstić information content (AvgIpc) is 3.51. The lowest BCUT2D eigenvalue weighted by Crippen LogP contribution is -2.45. The number of hydrogen-bond acceptors (Lipinski definition) is 6. The highest BCUT2D eigenvalue weighted by Crippen LogP contribution is 2.60. The minimum atomic E-state index is -3.54. The zero-order valence-corrected chi connectivity index (χ0v) is 30.6. The van der Waals surface area contributed by atoms with Gasteiger partial charge in [0, 0.05) is 52.1 Å². The van der Waals surface area contributed by atoms with Crippen LogP contribution in [0.1, 0.15) is 40.4 Å². The molecule has 266 valence electrons. The van der Waals surface area contributed by atoms with Crippen LogP contribution in [0, 0.1) is 5.92 Å². The third kappa shape index (κ3) is 7.29. The Hall–Kier alpha value is -4.55. The van der Waals surface area contributed by atoms with E-state index in [0.717, 1.165) is 11.1 Å². The SMILES string of the molecule is C[C@H]1[C@H]([Si](C)(C)F)[C@@H](CC(=O)N(CCO)Cc2ccccc2)O[C@]12C(=O)N(Cc1ccc(NC(=O)c3ccc(N)cc3)cc1)c1ccc(Cl)cc12. The molecule has 1 saturated heterocycles. The molecule has 1 spiro atoms. The fourth-order valence-corrected chi connectivity index (χ4v) is 10.3. The molecule has 51 heavy (non-hydrogen) atoms. The van der Waals surface area contributed by atoms with Crippen molar-refractivity contribution in [1.82, 2.24) is 4.90 Å². The van der Waals surface area contributed by atoms with Crippen molar-refractivity contribution in [2.75, 3.05) is 29.1 Å². The van der Waals surface area contributed by atoms with Gasteiger partial charge in [0.15, 0.2) is 5.60 Å². The van der Waals surface area contributed by atoms with Gasteiger partial charge in [-0.15, -0.1) is 0 Å². The van der Waals surface area contributed by atoms with E-state index < -0.39 is 31.6 Å². The third-order valence-corrected chi connectivity index (χ3v) is 12.7. The predicted octanol–water partition coefficient (Wildman–Crippen LogP) is 6.91. The Labute approximate surface area is 303 Å². The number of aliphatic hydroxyl groups excluding tert-OH is 1. The quantitative estimate of drug-likeness (QED) is 0.0877. The number of nitrogens with one attached hydrogen (secondary N) is 1. The molecular weight excluding hydrogens is 687 g/mol. The van der Waals surface area contributed by atoms with Gasteiger partial charge in [0.05, 0.1) is 31.4 Å². The minimum absolute atomic E-state index is 0.108. The Morgan fingerprint density at radius 1 is 1.02 bits per heavy atom. The molecule has 0 saturated carbocycles. The van der Waals surface area contributed by atoms with Gasteiger partial charge in [-0.25, -0.2) is 0 Å². The van der Waals surface area contributed by atoms with Crippen LogP contribution in [0.3, 0.4) is 0 Å². The number of amides is 3. The molecule has 4 aromatic carbocycles. The molecule has 4 N–H and O–H groups in total. The molecule has 12 heteroatoms. The predicted molar refractivity (Wildman–Crippen MR) is 200 cm³/mol. The van der Waals surface area contributed by atoms with Crippen molar-refractivity contribution in [1.29, 1.82) is 0 Å². The number of hydrogen-bond donors (Lipinski definition) is 3.